The van der Waals surface area contributed by atoms with Crippen LogP contribution in [0.2, 0.25) is 0 Å². The maximum absolute atomic E-state index is 12.9. The van der Waals surface area contributed by atoms with E-state index < -0.39 is 0 Å². The van der Waals surface area contributed by atoms with Gasteiger partial charge in [0.1, 0.15) is 0 Å². The maximum atomic E-state index is 12.9. The van der Waals surface area contributed by atoms with Gasteiger partial charge in [0.2, 0.25) is 11.8 Å². The molecule has 0 radical (unpaired) electrons. The fraction of sp³-hybridized carbons (Fsp3) is 0.333. The Hall–Kier alpha value is -1.43. The van der Waals surface area contributed by atoms with E-state index in [9.17, 15) is 9.59 Å². The molecule has 2 bridgehead atoms. The van der Waals surface area contributed by atoms with Gasteiger partial charge >= 0.3 is 0 Å². The minimum atomic E-state index is -0.203. The molecule has 4 heteroatoms. The summed E-state index contributed by atoms with van der Waals surface area (Å²) in [5.74, 6) is -0.246. The molecular formula is C18H16INO2. The Balaban J connectivity index is 1.78. The van der Waals surface area contributed by atoms with Crippen molar-refractivity contribution in [1.29, 1.82) is 0 Å². The standard InChI is InChI=1S/C18H16INO2/c1-9(2)14-12-6-7-13(14)16-15(12)17(21)20(18(16)22)11-5-3-4-10(19)8-11/h3-8,12-13,15-16H,1-2H3/t12-,13-,15-,16+/m1/s1. The first kappa shape index (κ1) is 14.2. The van der Waals surface area contributed by atoms with E-state index in [0.717, 1.165) is 3.57 Å². The third-order valence-corrected chi connectivity index (χ3v) is 5.73. The van der Waals surface area contributed by atoms with Crippen LogP contribution < -0.4 is 4.90 Å². The number of allylic oxidation sites excluding steroid dienone is 4. The van der Waals surface area contributed by atoms with Crippen molar-refractivity contribution < 1.29 is 9.59 Å². The van der Waals surface area contributed by atoms with Crippen molar-refractivity contribution in [3.8, 4) is 0 Å². The summed E-state index contributed by atoms with van der Waals surface area (Å²) in [6, 6.07) is 7.59. The van der Waals surface area contributed by atoms with Crippen LogP contribution in [0, 0.1) is 27.2 Å². The van der Waals surface area contributed by atoms with Gasteiger partial charge in [0, 0.05) is 15.4 Å². The summed E-state index contributed by atoms with van der Waals surface area (Å²) in [5, 5.41) is 0. The van der Waals surface area contributed by atoms with Gasteiger partial charge in [-0.1, -0.05) is 29.4 Å². The Morgan fingerprint density at radius 2 is 1.64 bits per heavy atom. The largest absolute Gasteiger partial charge is 0.274 e. The summed E-state index contributed by atoms with van der Waals surface area (Å²) >= 11 is 2.20. The second kappa shape index (κ2) is 4.78. The van der Waals surface area contributed by atoms with Gasteiger partial charge in [-0.25, -0.2) is 4.90 Å². The average Bonchev–Trinajstić information content (AvgIpc) is 3.09. The van der Waals surface area contributed by atoms with Crippen molar-refractivity contribution in [2.75, 3.05) is 4.90 Å². The molecule has 3 aliphatic rings. The number of benzene rings is 1. The van der Waals surface area contributed by atoms with Gasteiger partial charge in [-0.3, -0.25) is 9.59 Å². The molecule has 0 aromatic heterocycles. The van der Waals surface area contributed by atoms with Crippen LogP contribution in [0.5, 0.6) is 0 Å². The zero-order chi connectivity index (χ0) is 15.6. The van der Waals surface area contributed by atoms with E-state index in [4.69, 9.17) is 0 Å². The third kappa shape index (κ3) is 1.73. The molecule has 112 valence electrons. The van der Waals surface area contributed by atoms with Crippen molar-refractivity contribution in [1.82, 2.24) is 0 Å². The topological polar surface area (TPSA) is 37.4 Å². The Morgan fingerprint density at radius 1 is 1.05 bits per heavy atom. The first-order chi connectivity index (χ1) is 10.5. The van der Waals surface area contributed by atoms with Crippen LogP contribution in [0.25, 0.3) is 0 Å². The van der Waals surface area contributed by atoms with Crippen LogP contribution in [0.15, 0.2) is 47.6 Å². The summed E-state index contributed by atoms with van der Waals surface area (Å²) in [6.07, 6.45) is 4.25. The summed E-state index contributed by atoms with van der Waals surface area (Å²) in [6.45, 7) is 4.16. The molecule has 2 aliphatic carbocycles. The molecule has 0 N–H and O–H groups in total. The van der Waals surface area contributed by atoms with Crippen molar-refractivity contribution >= 4 is 40.1 Å². The first-order valence-electron chi connectivity index (χ1n) is 7.49. The molecule has 1 aromatic carbocycles. The second-order valence-electron chi connectivity index (χ2n) is 6.44. The van der Waals surface area contributed by atoms with Crippen molar-refractivity contribution in [3.63, 3.8) is 0 Å². The highest BCUT2D eigenvalue weighted by Gasteiger charge is 2.61. The summed E-state index contributed by atoms with van der Waals surface area (Å²) in [7, 11) is 0. The number of hydrogen-bond donors (Lipinski definition) is 0. The molecule has 1 heterocycles. The SMILES string of the molecule is CC(C)=C1[C@H]2C=C[C@H]1[C@H]1C(=O)N(c3cccc(I)c3)C(=O)[C@H]12. The normalized spacial score (nSPS) is 32.1. The van der Waals surface area contributed by atoms with Gasteiger partial charge in [0.15, 0.2) is 0 Å². The molecule has 2 fully saturated rings. The van der Waals surface area contributed by atoms with E-state index in [1.54, 1.807) is 0 Å². The second-order valence-corrected chi connectivity index (χ2v) is 7.68. The van der Waals surface area contributed by atoms with Gasteiger partial charge in [0.05, 0.1) is 17.5 Å². The summed E-state index contributed by atoms with van der Waals surface area (Å²) in [5.41, 5.74) is 3.24. The van der Waals surface area contributed by atoms with Gasteiger partial charge in [-0.2, -0.15) is 0 Å². The smallest absolute Gasteiger partial charge is 0.238 e. The lowest BCUT2D eigenvalue weighted by Crippen LogP contribution is -2.33. The van der Waals surface area contributed by atoms with Crippen LogP contribution in [-0.4, -0.2) is 11.8 Å². The van der Waals surface area contributed by atoms with Gasteiger partial charge in [-0.15, -0.1) is 0 Å². The minimum Gasteiger partial charge on any atom is -0.274 e. The number of nitrogens with zero attached hydrogens (tertiary/aromatic N) is 1. The van der Waals surface area contributed by atoms with E-state index in [0.29, 0.717) is 5.69 Å². The molecule has 4 rings (SSSR count). The average molecular weight is 405 g/mol. The highest BCUT2D eigenvalue weighted by molar-refractivity contribution is 14.1. The molecular weight excluding hydrogens is 389 g/mol. The van der Waals surface area contributed by atoms with Crippen LogP contribution in [0.4, 0.5) is 5.69 Å². The van der Waals surface area contributed by atoms with Crippen LogP contribution >= 0.6 is 22.6 Å². The molecule has 3 nitrogen and oxygen atoms in total. The fourth-order valence-electron chi connectivity index (χ4n) is 4.30. The zero-order valence-corrected chi connectivity index (χ0v) is 14.6. The van der Waals surface area contributed by atoms with Gasteiger partial charge < -0.3 is 0 Å². The maximum Gasteiger partial charge on any atom is 0.238 e. The van der Waals surface area contributed by atoms with Crippen LogP contribution in [-0.2, 0) is 9.59 Å². The van der Waals surface area contributed by atoms with Crippen LogP contribution in [0.3, 0.4) is 0 Å². The summed E-state index contributed by atoms with van der Waals surface area (Å²) in [4.78, 5) is 27.2. The Kier molecular flexibility index (Phi) is 3.08. The molecule has 1 aromatic rings. The van der Waals surface area contributed by atoms with E-state index in [2.05, 4.69) is 48.6 Å². The number of carbonyl (C=O) groups is 2. The van der Waals surface area contributed by atoms with Crippen molar-refractivity contribution in [3.05, 3.63) is 51.1 Å². The van der Waals surface area contributed by atoms with Crippen molar-refractivity contribution in [2.45, 2.75) is 13.8 Å². The highest BCUT2D eigenvalue weighted by atomic mass is 127. The van der Waals surface area contributed by atoms with E-state index in [1.165, 1.54) is 16.0 Å². The van der Waals surface area contributed by atoms with Crippen LogP contribution in [0.1, 0.15) is 13.8 Å². The highest BCUT2D eigenvalue weighted by Crippen LogP contribution is 2.57. The number of imide groups is 1. The quantitative estimate of drug-likeness (QED) is 0.407. The Morgan fingerprint density at radius 3 is 2.14 bits per heavy atom. The summed E-state index contributed by atoms with van der Waals surface area (Å²) < 4.78 is 1.03. The molecule has 1 saturated heterocycles. The monoisotopic (exact) mass is 405 g/mol. The zero-order valence-electron chi connectivity index (χ0n) is 12.4. The van der Waals surface area contributed by atoms with Crippen molar-refractivity contribution in [2.24, 2.45) is 23.7 Å². The van der Waals surface area contributed by atoms with E-state index >= 15 is 0 Å². The number of hydrogen-bond acceptors (Lipinski definition) is 2. The van der Waals surface area contributed by atoms with E-state index in [1.807, 2.05) is 24.3 Å². The Labute approximate surface area is 143 Å². The number of carbonyl (C=O) groups excluding carboxylic acids is 2. The van der Waals surface area contributed by atoms with Gasteiger partial charge in [0.25, 0.3) is 0 Å². The molecule has 1 aliphatic heterocycles. The number of rotatable bonds is 1. The molecule has 1 saturated carbocycles. The lowest BCUT2D eigenvalue weighted by molar-refractivity contribution is -0.122. The third-order valence-electron chi connectivity index (χ3n) is 5.06. The van der Waals surface area contributed by atoms with Gasteiger partial charge in [-0.05, 0) is 54.6 Å². The predicted molar refractivity (Wildman–Crippen MR) is 93.1 cm³/mol. The minimum absolute atomic E-state index is 0.0346. The number of anilines is 1. The fourth-order valence-corrected chi connectivity index (χ4v) is 4.83. The lowest BCUT2D eigenvalue weighted by Gasteiger charge is -2.19. The molecule has 4 atom stereocenters. The lowest BCUT2D eigenvalue weighted by atomic mass is 9.85. The predicted octanol–water partition coefficient (Wildman–Crippen LogP) is 3.55. The number of amides is 2. The molecule has 22 heavy (non-hydrogen) atoms. The Bertz CT molecular complexity index is 726. The molecule has 2 amide bonds. The number of fused-ring (bicyclic) bond motifs is 5. The van der Waals surface area contributed by atoms with E-state index in [-0.39, 0.29) is 35.5 Å². The molecule has 0 unspecified atom stereocenters. The molecule has 0 spiro atoms. The number of halogens is 1. The first-order valence-corrected chi connectivity index (χ1v) is 8.57.